The Kier molecular flexibility index (Phi) is 8.24. The van der Waals surface area contributed by atoms with Crippen LogP contribution in [0.1, 0.15) is 72.3 Å². The molecule has 3 rings (SSSR count). The highest BCUT2D eigenvalue weighted by Gasteiger charge is 2.37. The number of allylic oxidation sites excluding steroid dienone is 1. The molecule has 1 amide bonds. The molecule has 8 nitrogen and oxygen atoms in total. The molecule has 1 saturated heterocycles. The van der Waals surface area contributed by atoms with E-state index in [1.54, 1.807) is 0 Å². The molecule has 3 N–H and O–H groups in total. The topological polar surface area (TPSA) is 124 Å². The normalized spacial score (nSPS) is 24.5. The van der Waals surface area contributed by atoms with Crippen LogP contribution >= 0.6 is 0 Å². The molecule has 35 heavy (non-hydrogen) atoms. The fraction of sp³-hybridized carbons (Fsp3) is 0.640. The number of hydrogen-bond donors (Lipinski definition) is 2. The van der Waals surface area contributed by atoms with Crippen LogP contribution in [0, 0.1) is 11.7 Å². The van der Waals surface area contributed by atoms with E-state index in [0.29, 0.717) is 37.8 Å². The van der Waals surface area contributed by atoms with Crippen LogP contribution in [-0.2, 0) is 14.6 Å². The number of aliphatic imine (C=N–C) groups is 1. The summed E-state index contributed by atoms with van der Waals surface area (Å²) in [6, 6.07) is 1.47. The number of sulfone groups is 1. The first-order valence-electron chi connectivity index (χ1n) is 12.2. The van der Waals surface area contributed by atoms with Crippen LogP contribution in [0.4, 0.5) is 4.39 Å². The Hall–Kier alpha value is -2.49. The second kappa shape index (κ2) is 10.6. The minimum absolute atomic E-state index is 0.0298. The van der Waals surface area contributed by atoms with Gasteiger partial charge in [0.25, 0.3) is 0 Å². The molecular formula is C25H37FN4O4S. The Labute approximate surface area is 207 Å². The van der Waals surface area contributed by atoms with E-state index in [9.17, 15) is 17.6 Å². The average molecular weight is 509 g/mol. The Bertz CT molecular complexity index is 1110. The number of carbonyl (C=O) groups excluding carboxylic acids is 1. The Morgan fingerprint density at radius 1 is 1.29 bits per heavy atom. The predicted octanol–water partition coefficient (Wildman–Crippen LogP) is 3.41. The Balaban J connectivity index is 1.83. The van der Waals surface area contributed by atoms with Crippen molar-refractivity contribution in [2.45, 2.75) is 84.4 Å². The lowest BCUT2D eigenvalue weighted by Gasteiger charge is -2.36. The van der Waals surface area contributed by atoms with Crippen molar-refractivity contribution in [1.29, 1.82) is 0 Å². The maximum Gasteiger partial charge on any atom is 0.223 e. The summed E-state index contributed by atoms with van der Waals surface area (Å²) in [5, 5.41) is 3.10. The van der Waals surface area contributed by atoms with Gasteiger partial charge in [-0.15, -0.1) is 0 Å². The molecule has 0 spiro atoms. The van der Waals surface area contributed by atoms with Gasteiger partial charge in [0, 0.05) is 47.0 Å². The van der Waals surface area contributed by atoms with Crippen LogP contribution in [0.3, 0.4) is 0 Å². The maximum atomic E-state index is 14.7. The molecule has 0 unspecified atom stereocenters. The van der Waals surface area contributed by atoms with Gasteiger partial charge in [0.05, 0.1) is 23.8 Å². The highest BCUT2D eigenvalue weighted by molar-refractivity contribution is 7.91. The van der Waals surface area contributed by atoms with E-state index in [-0.39, 0.29) is 52.6 Å². The third kappa shape index (κ3) is 7.02. The SMILES string of the molecule is CC(C)N=C1C[C@H](C(=O)NC2(C)CCS(=O)(=O)CC2)CCC1=C(N)c1cc(OC(C)C)ncc1F. The van der Waals surface area contributed by atoms with Gasteiger partial charge in [-0.3, -0.25) is 9.79 Å². The third-order valence-corrected chi connectivity index (χ3v) is 8.12. The standard InChI is InChI=1S/C25H37FN4O4S/c1-15(2)29-21-12-17(24(31)30-25(5)8-10-35(32,33)11-9-25)6-7-18(21)23(27)19-13-22(34-16(3)4)28-14-20(19)26/h13-17H,6-12,27H2,1-5H3,(H,30,31)/t17-/m1/s1. The van der Waals surface area contributed by atoms with Crippen molar-refractivity contribution in [1.82, 2.24) is 10.3 Å². The number of aromatic nitrogens is 1. The van der Waals surface area contributed by atoms with Gasteiger partial charge < -0.3 is 15.8 Å². The summed E-state index contributed by atoms with van der Waals surface area (Å²) in [7, 11) is -3.03. The summed E-state index contributed by atoms with van der Waals surface area (Å²) < 4.78 is 43.9. The lowest BCUT2D eigenvalue weighted by Crippen LogP contribution is -2.53. The molecule has 1 aromatic rings. The van der Waals surface area contributed by atoms with Crippen molar-refractivity contribution in [3.8, 4) is 5.88 Å². The van der Waals surface area contributed by atoms with Gasteiger partial charge in [-0.1, -0.05) is 0 Å². The number of carbonyl (C=O) groups is 1. The molecule has 10 heteroatoms. The first kappa shape index (κ1) is 27.1. The molecule has 2 fully saturated rings. The van der Waals surface area contributed by atoms with Crippen LogP contribution in [0.15, 0.2) is 22.8 Å². The van der Waals surface area contributed by atoms with Crippen molar-refractivity contribution in [3.63, 3.8) is 0 Å². The zero-order valence-electron chi connectivity index (χ0n) is 21.2. The molecule has 1 aliphatic heterocycles. The molecule has 1 saturated carbocycles. The fourth-order valence-electron chi connectivity index (χ4n) is 4.49. The minimum atomic E-state index is -3.03. The van der Waals surface area contributed by atoms with Crippen molar-refractivity contribution in [3.05, 3.63) is 29.2 Å². The predicted molar refractivity (Wildman–Crippen MR) is 135 cm³/mol. The van der Waals surface area contributed by atoms with Crippen molar-refractivity contribution < 1.29 is 22.3 Å². The molecule has 194 valence electrons. The van der Waals surface area contributed by atoms with E-state index in [1.807, 2.05) is 34.6 Å². The van der Waals surface area contributed by atoms with E-state index >= 15 is 0 Å². The molecule has 2 heterocycles. The van der Waals surface area contributed by atoms with Crippen LogP contribution in [-0.4, -0.2) is 54.2 Å². The fourth-order valence-corrected chi connectivity index (χ4v) is 6.21. The van der Waals surface area contributed by atoms with Gasteiger partial charge in [-0.05, 0) is 65.9 Å². The van der Waals surface area contributed by atoms with Crippen molar-refractivity contribution in [2.75, 3.05) is 11.5 Å². The largest absolute Gasteiger partial charge is 0.475 e. The number of ether oxygens (including phenoxy) is 1. The van der Waals surface area contributed by atoms with Gasteiger partial charge in [-0.2, -0.15) is 0 Å². The van der Waals surface area contributed by atoms with E-state index < -0.39 is 21.2 Å². The second-order valence-electron chi connectivity index (χ2n) is 10.4. The lowest BCUT2D eigenvalue weighted by molar-refractivity contribution is -0.127. The minimum Gasteiger partial charge on any atom is -0.475 e. The van der Waals surface area contributed by atoms with Gasteiger partial charge in [0.1, 0.15) is 9.84 Å². The monoisotopic (exact) mass is 508 g/mol. The van der Waals surface area contributed by atoms with Crippen LogP contribution in [0.25, 0.3) is 5.70 Å². The smallest absolute Gasteiger partial charge is 0.223 e. The third-order valence-electron chi connectivity index (χ3n) is 6.47. The number of nitrogens with zero attached hydrogens (tertiary/aromatic N) is 2. The summed E-state index contributed by atoms with van der Waals surface area (Å²) in [4.78, 5) is 21.9. The lowest BCUT2D eigenvalue weighted by atomic mass is 9.81. The van der Waals surface area contributed by atoms with Crippen LogP contribution < -0.4 is 15.8 Å². The van der Waals surface area contributed by atoms with Gasteiger partial charge in [0.2, 0.25) is 11.8 Å². The number of hydrogen-bond acceptors (Lipinski definition) is 7. The summed E-state index contributed by atoms with van der Waals surface area (Å²) in [5.74, 6) is -0.520. The summed E-state index contributed by atoms with van der Waals surface area (Å²) in [6.45, 7) is 9.50. The second-order valence-corrected chi connectivity index (χ2v) is 12.7. The number of nitrogens with one attached hydrogen (secondary N) is 1. The average Bonchev–Trinajstić information content (AvgIpc) is 2.76. The van der Waals surface area contributed by atoms with E-state index in [0.717, 1.165) is 11.8 Å². The molecule has 2 aliphatic rings. The van der Waals surface area contributed by atoms with E-state index in [2.05, 4.69) is 10.3 Å². The van der Waals surface area contributed by atoms with Crippen molar-refractivity contribution >= 4 is 27.2 Å². The highest BCUT2D eigenvalue weighted by atomic mass is 32.2. The molecular weight excluding hydrogens is 471 g/mol. The molecule has 0 bridgehead atoms. The quantitative estimate of drug-likeness (QED) is 0.607. The number of amides is 1. The van der Waals surface area contributed by atoms with Gasteiger partial charge in [-0.25, -0.2) is 17.8 Å². The van der Waals surface area contributed by atoms with E-state index in [4.69, 9.17) is 15.5 Å². The van der Waals surface area contributed by atoms with Crippen molar-refractivity contribution in [2.24, 2.45) is 16.6 Å². The first-order chi connectivity index (χ1) is 16.3. The molecule has 0 radical (unpaired) electrons. The molecule has 1 aromatic heterocycles. The van der Waals surface area contributed by atoms with Gasteiger partial charge in [0.15, 0.2) is 5.82 Å². The molecule has 1 aliphatic carbocycles. The number of pyridine rings is 1. The summed E-state index contributed by atoms with van der Waals surface area (Å²) >= 11 is 0. The Morgan fingerprint density at radius 3 is 2.54 bits per heavy atom. The van der Waals surface area contributed by atoms with E-state index in [1.165, 1.54) is 6.07 Å². The zero-order chi connectivity index (χ0) is 26.0. The first-order valence-corrected chi connectivity index (χ1v) is 14.0. The maximum absolute atomic E-state index is 14.7. The van der Waals surface area contributed by atoms with Gasteiger partial charge >= 0.3 is 0 Å². The summed E-state index contributed by atoms with van der Waals surface area (Å²) in [5.41, 5.74) is 7.85. The van der Waals surface area contributed by atoms with Crippen LogP contribution in [0.2, 0.25) is 0 Å². The molecule has 0 aromatic carbocycles. The van der Waals surface area contributed by atoms with Crippen LogP contribution in [0.5, 0.6) is 5.88 Å². The highest BCUT2D eigenvalue weighted by Crippen LogP contribution is 2.33. The number of rotatable bonds is 6. The number of nitrogens with two attached hydrogens (primary N) is 1. The number of halogens is 1. The molecule has 1 atom stereocenters. The summed E-state index contributed by atoms with van der Waals surface area (Å²) in [6.07, 6.45) is 3.19. The zero-order valence-corrected chi connectivity index (χ0v) is 22.0. The Morgan fingerprint density at radius 2 is 1.94 bits per heavy atom.